The number of carboxylic acids is 1. The van der Waals surface area contributed by atoms with Gasteiger partial charge in [0.15, 0.2) is 9.84 Å². The predicted molar refractivity (Wildman–Crippen MR) is 79.2 cm³/mol. The van der Waals surface area contributed by atoms with Gasteiger partial charge in [-0.15, -0.1) is 0 Å². The second-order valence-corrected chi connectivity index (χ2v) is 7.46. The lowest BCUT2D eigenvalue weighted by atomic mass is 10.0. The second-order valence-electron chi connectivity index (χ2n) is 5.23. The molecule has 1 aliphatic rings. The van der Waals surface area contributed by atoms with Crippen molar-refractivity contribution >= 4 is 27.4 Å². The lowest BCUT2D eigenvalue weighted by Gasteiger charge is -2.24. The quantitative estimate of drug-likeness (QED) is 0.623. The fraction of sp³-hybridized carbons (Fsp3) is 0.385. The third kappa shape index (κ3) is 3.31. The van der Waals surface area contributed by atoms with Crippen molar-refractivity contribution in [2.75, 3.05) is 18.6 Å². The number of carbonyl (C=O) groups is 2. The maximum atomic E-state index is 12.5. The molecule has 0 spiro atoms. The summed E-state index contributed by atoms with van der Waals surface area (Å²) in [7, 11) is -1.86. The van der Waals surface area contributed by atoms with Crippen LogP contribution in [-0.4, -0.2) is 59.8 Å². The Labute approximate surface area is 131 Å². The molecule has 1 N–H and O–H groups in total. The monoisotopic (exact) mass is 342 g/mol. The van der Waals surface area contributed by atoms with Crippen molar-refractivity contribution < 1.29 is 28.0 Å². The van der Waals surface area contributed by atoms with Crippen molar-refractivity contribution in [3.8, 4) is 0 Å². The molecule has 124 valence electrons. The molecule has 0 aromatic heterocycles. The Morgan fingerprint density at radius 3 is 2.52 bits per heavy atom. The summed E-state index contributed by atoms with van der Waals surface area (Å²) in [6.07, 6.45) is 0.252. The molecule has 0 bridgehead atoms. The Hall–Kier alpha value is -2.49. The van der Waals surface area contributed by atoms with Gasteiger partial charge in [-0.3, -0.25) is 14.9 Å². The SMILES string of the molecule is CN(C(=O)c1cccc([N+](=O)[O-])c1C(=O)O)C1CCS(=O)(=O)C1. The average molecular weight is 342 g/mol. The van der Waals surface area contributed by atoms with Crippen LogP contribution in [0.25, 0.3) is 0 Å². The first-order chi connectivity index (χ1) is 10.6. The molecule has 2 rings (SSSR count). The van der Waals surface area contributed by atoms with E-state index >= 15 is 0 Å². The van der Waals surface area contributed by atoms with E-state index in [9.17, 15) is 33.2 Å². The first-order valence-electron chi connectivity index (χ1n) is 6.62. The Morgan fingerprint density at radius 2 is 2.04 bits per heavy atom. The largest absolute Gasteiger partial charge is 0.477 e. The smallest absolute Gasteiger partial charge is 0.343 e. The summed E-state index contributed by atoms with van der Waals surface area (Å²) in [5.74, 6) is -2.59. The minimum Gasteiger partial charge on any atom is -0.477 e. The molecule has 0 aliphatic carbocycles. The van der Waals surface area contributed by atoms with Gasteiger partial charge < -0.3 is 10.0 Å². The Morgan fingerprint density at radius 1 is 1.39 bits per heavy atom. The zero-order chi connectivity index (χ0) is 17.4. The van der Waals surface area contributed by atoms with E-state index in [0.717, 1.165) is 11.0 Å². The van der Waals surface area contributed by atoms with Crippen LogP contribution in [0.3, 0.4) is 0 Å². The van der Waals surface area contributed by atoms with Crippen molar-refractivity contribution in [3.05, 3.63) is 39.4 Å². The second kappa shape index (κ2) is 5.95. The van der Waals surface area contributed by atoms with Gasteiger partial charge in [0.2, 0.25) is 0 Å². The van der Waals surface area contributed by atoms with Crippen molar-refractivity contribution in [2.24, 2.45) is 0 Å². The van der Waals surface area contributed by atoms with E-state index in [1.165, 1.54) is 19.2 Å². The maximum Gasteiger partial charge on any atom is 0.343 e. The molecule has 0 radical (unpaired) electrons. The number of benzene rings is 1. The summed E-state index contributed by atoms with van der Waals surface area (Å²) >= 11 is 0. The highest BCUT2D eigenvalue weighted by molar-refractivity contribution is 7.91. The standard InChI is InChI=1S/C13H14N2O7S/c1-14(8-5-6-23(21,22)7-8)12(16)9-3-2-4-10(15(19)20)11(9)13(17)18/h2-4,8H,5-7H2,1H3,(H,17,18). The van der Waals surface area contributed by atoms with Crippen LogP contribution < -0.4 is 0 Å². The third-order valence-electron chi connectivity index (χ3n) is 3.76. The van der Waals surface area contributed by atoms with E-state index in [4.69, 9.17) is 0 Å². The number of amides is 1. The molecular weight excluding hydrogens is 328 g/mol. The molecule has 1 aromatic rings. The summed E-state index contributed by atoms with van der Waals surface area (Å²) in [6, 6.07) is 2.82. The highest BCUT2D eigenvalue weighted by Gasteiger charge is 2.35. The number of nitro benzene ring substituents is 1. The molecule has 23 heavy (non-hydrogen) atoms. The first-order valence-corrected chi connectivity index (χ1v) is 8.44. The van der Waals surface area contributed by atoms with Gasteiger partial charge in [-0.2, -0.15) is 0 Å². The Kier molecular flexibility index (Phi) is 4.37. The lowest BCUT2D eigenvalue weighted by Crippen LogP contribution is -2.38. The van der Waals surface area contributed by atoms with Gasteiger partial charge in [0.1, 0.15) is 5.56 Å². The maximum absolute atomic E-state index is 12.5. The highest BCUT2D eigenvalue weighted by Crippen LogP contribution is 2.25. The predicted octanol–water partition coefficient (Wildman–Crippen LogP) is 0.552. The number of hydrogen-bond acceptors (Lipinski definition) is 6. The molecule has 9 nitrogen and oxygen atoms in total. The highest BCUT2D eigenvalue weighted by atomic mass is 32.2. The number of carbonyl (C=O) groups excluding carboxylic acids is 1. The van der Waals surface area contributed by atoms with Gasteiger partial charge in [0, 0.05) is 19.2 Å². The van der Waals surface area contributed by atoms with Crippen molar-refractivity contribution in [3.63, 3.8) is 0 Å². The summed E-state index contributed by atoms with van der Waals surface area (Å²) in [4.78, 5) is 35.0. The van der Waals surface area contributed by atoms with Crippen LogP contribution in [0, 0.1) is 10.1 Å². The van der Waals surface area contributed by atoms with E-state index in [2.05, 4.69) is 0 Å². The topological polar surface area (TPSA) is 135 Å². The van der Waals surface area contributed by atoms with Crippen LogP contribution in [-0.2, 0) is 9.84 Å². The minimum atomic E-state index is -3.22. The van der Waals surface area contributed by atoms with Gasteiger partial charge in [-0.1, -0.05) is 6.07 Å². The fourth-order valence-electron chi connectivity index (χ4n) is 2.53. The molecule has 1 aliphatic heterocycles. The van der Waals surface area contributed by atoms with Crippen LogP contribution in [0.2, 0.25) is 0 Å². The summed E-state index contributed by atoms with van der Waals surface area (Å²) in [5.41, 5.74) is -1.72. The van der Waals surface area contributed by atoms with Crippen LogP contribution in [0.5, 0.6) is 0 Å². The third-order valence-corrected chi connectivity index (χ3v) is 5.51. The zero-order valence-corrected chi connectivity index (χ0v) is 12.9. The van der Waals surface area contributed by atoms with Crippen LogP contribution in [0.15, 0.2) is 18.2 Å². The van der Waals surface area contributed by atoms with Gasteiger partial charge >= 0.3 is 5.97 Å². The number of rotatable bonds is 4. The van der Waals surface area contributed by atoms with Crippen LogP contribution in [0.1, 0.15) is 27.1 Å². The van der Waals surface area contributed by atoms with Crippen LogP contribution in [0.4, 0.5) is 5.69 Å². The minimum absolute atomic E-state index is 0.0456. The molecule has 0 saturated carbocycles. The molecule has 1 aromatic carbocycles. The van der Waals surface area contributed by atoms with Gasteiger partial charge in [0.25, 0.3) is 11.6 Å². The molecule has 1 heterocycles. The molecule has 1 amide bonds. The summed E-state index contributed by atoms with van der Waals surface area (Å²) in [5, 5.41) is 20.2. The molecule has 10 heteroatoms. The Bertz CT molecular complexity index is 788. The average Bonchev–Trinajstić information content (AvgIpc) is 2.84. The number of nitrogens with zero attached hydrogens (tertiary/aromatic N) is 2. The molecule has 1 unspecified atom stereocenters. The van der Waals surface area contributed by atoms with Crippen molar-refractivity contribution in [1.82, 2.24) is 4.90 Å². The first kappa shape index (κ1) is 16.9. The van der Waals surface area contributed by atoms with Crippen molar-refractivity contribution in [2.45, 2.75) is 12.5 Å². The number of hydrogen-bond donors (Lipinski definition) is 1. The number of sulfone groups is 1. The molecule has 1 fully saturated rings. The molecular formula is C13H14N2O7S. The van der Waals surface area contributed by atoms with E-state index in [1.54, 1.807) is 0 Å². The van der Waals surface area contributed by atoms with Gasteiger partial charge in [-0.05, 0) is 12.5 Å². The van der Waals surface area contributed by atoms with E-state index in [-0.39, 0.29) is 23.5 Å². The van der Waals surface area contributed by atoms with Crippen LogP contribution >= 0.6 is 0 Å². The van der Waals surface area contributed by atoms with Gasteiger partial charge in [0.05, 0.1) is 22.0 Å². The zero-order valence-electron chi connectivity index (χ0n) is 12.1. The van der Waals surface area contributed by atoms with E-state index in [1.807, 2.05) is 0 Å². The number of carboxylic acid groups (broad SMARTS) is 1. The lowest BCUT2D eigenvalue weighted by molar-refractivity contribution is -0.385. The number of nitro groups is 1. The molecule has 1 atom stereocenters. The summed E-state index contributed by atoms with van der Waals surface area (Å²) in [6.45, 7) is 0. The normalized spacial score (nSPS) is 19.3. The van der Waals surface area contributed by atoms with E-state index in [0.29, 0.717) is 0 Å². The fourth-order valence-corrected chi connectivity index (χ4v) is 4.31. The van der Waals surface area contributed by atoms with Crippen molar-refractivity contribution in [1.29, 1.82) is 0 Å². The molecule has 1 saturated heterocycles. The summed E-state index contributed by atoms with van der Waals surface area (Å²) < 4.78 is 23.0. The van der Waals surface area contributed by atoms with E-state index < -0.39 is 43.9 Å². The van der Waals surface area contributed by atoms with Gasteiger partial charge in [-0.25, -0.2) is 13.2 Å². The number of aromatic carboxylic acids is 1. The Balaban J connectivity index is 2.42.